The van der Waals surface area contributed by atoms with Crippen LogP contribution in [-0.2, 0) is 9.59 Å². The van der Waals surface area contributed by atoms with Crippen molar-refractivity contribution in [1.82, 2.24) is 4.90 Å². The number of phenolic OH excluding ortho intramolecular Hbond substituents is 2. The molecule has 2 rings (SSSR count). The number of hydrogen-bond donors (Lipinski definition) is 3. The van der Waals surface area contributed by atoms with Gasteiger partial charge in [-0.25, -0.2) is 4.79 Å². The van der Waals surface area contributed by atoms with E-state index in [1.807, 2.05) is 0 Å². The number of nitrogens with zero attached hydrogens (tertiary/aromatic N) is 1. The van der Waals surface area contributed by atoms with Gasteiger partial charge in [0.25, 0.3) is 5.91 Å². The van der Waals surface area contributed by atoms with Gasteiger partial charge in [0.1, 0.15) is 10.4 Å². The van der Waals surface area contributed by atoms with Crippen LogP contribution in [-0.4, -0.2) is 42.5 Å². The Balaban J connectivity index is 2.33. The van der Waals surface area contributed by atoms with Crippen LogP contribution in [0.4, 0.5) is 0 Å². The lowest BCUT2D eigenvalue weighted by molar-refractivity contribution is -0.145. The summed E-state index contributed by atoms with van der Waals surface area (Å²) in [6.45, 7) is 1.67. The summed E-state index contributed by atoms with van der Waals surface area (Å²) in [6, 6.07) is 3.13. The minimum Gasteiger partial charge on any atom is -0.504 e. The first kappa shape index (κ1) is 16.3. The zero-order valence-electron chi connectivity index (χ0n) is 11.5. The van der Waals surface area contributed by atoms with E-state index in [1.54, 1.807) is 6.92 Å². The van der Waals surface area contributed by atoms with Crippen molar-refractivity contribution in [3.05, 3.63) is 28.7 Å². The molecule has 116 valence electrons. The van der Waals surface area contributed by atoms with Crippen molar-refractivity contribution in [2.75, 3.05) is 0 Å². The van der Waals surface area contributed by atoms with Crippen LogP contribution in [0.2, 0.25) is 0 Å². The highest BCUT2D eigenvalue weighted by molar-refractivity contribution is 8.26. The molecule has 1 aliphatic heterocycles. The normalized spacial score (nSPS) is 18.0. The predicted molar refractivity (Wildman–Crippen MR) is 86.5 cm³/mol. The number of carboxylic acid groups (broad SMARTS) is 1. The van der Waals surface area contributed by atoms with Crippen molar-refractivity contribution in [3.63, 3.8) is 0 Å². The van der Waals surface area contributed by atoms with Crippen molar-refractivity contribution in [3.8, 4) is 11.5 Å². The second-order valence-corrected chi connectivity index (χ2v) is 6.24. The molecule has 0 radical (unpaired) electrons. The summed E-state index contributed by atoms with van der Waals surface area (Å²) in [5.41, 5.74) is 0.499. The average Bonchev–Trinajstić information content (AvgIpc) is 2.71. The smallest absolute Gasteiger partial charge is 0.326 e. The Kier molecular flexibility index (Phi) is 4.72. The fourth-order valence-corrected chi connectivity index (χ4v) is 3.35. The summed E-state index contributed by atoms with van der Waals surface area (Å²) in [6.07, 6.45) is 1.74. The quantitative estimate of drug-likeness (QED) is 0.439. The summed E-state index contributed by atoms with van der Waals surface area (Å²) >= 11 is 6.10. The van der Waals surface area contributed by atoms with Crippen molar-refractivity contribution in [2.24, 2.45) is 0 Å². The summed E-state index contributed by atoms with van der Waals surface area (Å²) in [4.78, 5) is 24.9. The molecule has 0 bridgehead atoms. The van der Waals surface area contributed by atoms with Crippen molar-refractivity contribution in [2.45, 2.75) is 19.4 Å². The highest BCUT2D eigenvalue weighted by atomic mass is 32.2. The molecule has 22 heavy (non-hydrogen) atoms. The van der Waals surface area contributed by atoms with Crippen molar-refractivity contribution < 1.29 is 24.9 Å². The number of rotatable bonds is 4. The van der Waals surface area contributed by atoms with Crippen LogP contribution in [0.3, 0.4) is 0 Å². The number of aromatic hydroxyl groups is 2. The highest BCUT2D eigenvalue weighted by Crippen LogP contribution is 2.35. The van der Waals surface area contributed by atoms with Gasteiger partial charge in [0.15, 0.2) is 11.5 Å². The van der Waals surface area contributed by atoms with E-state index in [-0.39, 0.29) is 27.1 Å². The lowest BCUT2D eigenvalue weighted by Gasteiger charge is -2.21. The first-order chi connectivity index (χ1) is 10.3. The molecule has 0 aliphatic carbocycles. The highest BCUT2D eigenvalue weighted by Gasteiger charge is 2.39. The van der Waals surface area contributed by atoms with Crippen molar-refractivity contribution >= 4 is 46.3 Å². The Hall–Kier alpha value is -2.06. The van der Waals surface area contributed by atoms with Crippen LogP contribution in [0.25, 0.3) is 6.08 Å². The molecule has 1 aromatic rings. The van der Waals surface area contributed by atoms with Gasteiger partial charge in [0.05, 0.1) is 4.91 Å². The van der Waals surface area contributed by atoms with E-state index in [9.17, 15) is 19.8 Å². The third kappa shape index (κ3) is 3.07. The molecule has 0 spiro atoms. The Morgan fingerprint density at radius 2 is 2.09 bits per heavy atom. The summed E-state index contributed by atoms with van der Waals surface area (Å²) in [7, 11) is 0. The number of phenols is 2. The number of thioether (sulfide) groups is 1. The van der Waals surface area contributed by atoms with Gasteiger partial charge < -0.3 is 15.3 Å². The number of aliphatic carboxylic acids is 1. The van der Waals surface area contributed by atoms with Crippen LogP contribution in [0, 0.1) is 0 Å². The molecule has 0 aromatic heterocycles. The van der Waals surface area contributed by atoms with Crippen LogP contribution < -0.4 is 0 Å². The molecule has 1 aromatic carbocycles. The van der Waals surface area contributed by atoms with E-state index in [2.05, 4.69) is 0 Å². The van der Waals surface area contributed by atoms with Gasteiger partial charge in [-0.3, -0.25) is 9.69 Å². The van der Waals surface area contributed by atoms with E-state index in [0.29, 0.717) is 5.56 Å². The number of thiocarbonyl (C=S) groups is 1. The second kappa shape index (κ2) is 6.37. The van der Waals surface area contributed by atoms with Crippen LogP contribution in [0.5, 0.6) is 11.5 Å². The third-order valence-electron chi connectivity index (χ3n) is 3.10. The predicted octanol–water partition coefficient (Wildman–Crippen LogP) is 2.16. The lowest BCUT2D eigenvalue weighted by atomic mass is 10.1. The first-order valence-corrected chi connectivity index (χ1v) is 7.59. The number of amides is 1. The number of carbonyl (C=O) groups excluding carboxylic acids is 1. The summed E-state index contributed by atoms with van der Waals surface area (Å²) in [5.74, 6) is -2.15. The lowest BCUT2D eigenvalue weighted by Crippen LogP contribution is -2.43. The maximum atomic E-state index is 12.4. The topological polar surface area (TPSA) is 98.1 Å². The van der Waals surface area contributed by atoms with Gasteiger partial charge in [-0.05, 0) is 30.2 Å². The van der Waals surface area contributed by atoms with E-state index in [0.717, 1.165) is 16.7 Å². The van der Waals surface area contributed by atoms with Gasteiger partial charge in [0, 0.05) is 0 Å². The van der Waals surface area contributed by atoms with Gasteiger partial charge in [-0.1, -0.05) is 37.0 Å². The maximum absolute atomic E-state index is 12.4. The monoisotopic (exact) mass is 339 g/mol. The molecular formula is C14H13NO5S2. The van der Waals surface area contributed by atoms with Crippen LogP contribution in [0.1, 0.15) is 18.9 Å². The molecule has 1 fully saturated rings. The third-order valence-corrected chi connectivity index (χ3v) is 4.43. The molecule has 1 saturated heterocycles. The van der Waals surface area contributed by atoms with Gasteiger partial charge in [-0.15, -0.1) is 0 Å². The van der Waals surface area contributed by atoms with Gasteiger partial charge >= 0.3 is 5.97 Å². The molecule has 1 heterocycles. The van der Waals surface area contributed by atoms with Gasteiger partial charge in [0.2, 0.25) is 0 Å². The fourth-order valence-electron chi connectivity index (χ4n) is 2.00. The first-order valence-electron chi connectivity index (χ1n) is 6.37. The van der Waals surface area contributed by atoms with E-state index < -0.39 is 17.9 Å². The summed E-state index contributed by atoms with van der Waals surface area (Å²) < 4.78 is 0.188. The SMILES string of the molecule is CCC(C(=O)O)N1C(=O)/C(=C\c2ccc(O)c(O)c2)SC1=S. The molecule has 1 atom stereocenters. The zero-order chi connectivity index (χ0) is 16.4. The molecule has 8 heteroatoms. The molecule has 3 N–H and O–H groups in total. The second-order valence-electron chi connectivity index (χ2n) is 4.56. The Morgan fingerprint density at radius 3 is 2.64 bits per heavy atom. The van der Waals surface area contributed by atoms with E-state index in [4.69, 9.17) is 17.3 Å². The number of carboxylic acids is 1. The number of benzene rings is 1. The van der Waals surface area contributed by atoms with Crippen molar-refractivity contribution in [1.29, 1.82) is 0 Å². The number of carbonyl (C=O) groups is 2. The van der Waals surface area contributed by atoms with E-state index >= 15 is 0 Å². The molecule has 1 aliphatic rings. The maximum Gasteiger partial charge on any atom is 0.326 e. The Morgan fingerprint density at radius 1 is 1.41 bits per heavy atom. The largest absolute Gasteiger partial charge is 0.504 e. The molecule has 0 saturated carbocycles. The minimum absolute atomic E-state index is 0.188. The molecular weight excluding hydrogens is 326 g/mol. The summed E-state index contributed by atoms with van der Waals surface area (Å²) in [5, 5.41) is 27.9. The molecule has 6 nitrogen and oxygen atoms in total. The van der Waals surface area contributed by atoms with Gasteiger partial charge in [-0.2, -0.15) is 0 Å². The molecule has 1 unspecified atom stereocenters. The fraction of sp³-hybridized carbons (Fsp3) is 0.214. The average molecular weight is 339 g/mol. The minimum atomic E-state index is -1.11. The van der Waals surface area contributed by atoms with Crippen LogP contribution in [0.15, 0.2) is 23.1 Å². The Bertz CT molecular complexity index is 686. The van der Waals surface area contributed by atoms with E-state index in [1.165, 1.54) is 24.3 Å². The Labute approximate surface area is 136 Å². The molecule has 1 amide bonds. The van der Waals surface area contributed by atoms with Crippen LogP contribution >= 0.6 is 24.0 Å². The standard InChI is InChI=1S/C14H13NO5S2/c1-2-8(13(19)20)15-12(18)11(22-14(15)21)6-7-3-4-9(16)10(17)5-7/h3-6,8,16-17H,2H2,1H3,(H,19,20)/b11-6+. The number of hydrogen-bond acceptors (Lipinski definition) is 6. The zero-order valence-corrected chi connectivity index (χ0v) is 13.1.